The van der Waals surface area contributed by atoms with E-state index in [-0.39, 0.29) is 18.3 Å². The molecule has 0 spiro atoms. The molecular formula is C32H50O8S. The van der Waals surface area contributed by atoms with Crippen LogP contribution in [0.4, 0.5) is 0 Å². The second kappa shape index (κ2) is 11.2. The van der Waals surface area contributed by atoms with Crippen molar-refractivity contribution in [1.29, 1.82) is 0 Å². The fraction of sp³-hybridized carbons (Fsp3) is 0.781. The Morgan fingerprint density at radius 1 is 1.15 bits per heavy atom. The lowest BCUT2D eigenvalue weighted by Gasteiger charge is -2.63. The highest BCUT2D eigenvalue weighted by molar-refractivity contribution is 7.80. The second-order valence-electron chi connectivity index (χ2n) is 14.3. The lowest BCUT2D eigenvalue weighted by Crippen LogP contribution is -2.63. The molecule has 9 heteroatoms. The number of fused-ring (bicyclic) bond motifs is 4. The molecule has 0 aromatic carbocycles. The van der Waals surface area contributed by atoms with E-state index < -0.39 is 57.0 Å². The monoisotopic (exact) mass is 594 g/mol. The molecule has 0 aromatic heterocycles. The molecule has 0 aliphatic heterocycles. The summed E-state index contributed by atoms with van der Waals surface area (Å²) >= 11 is 0. The van der Waals surface area contributed by atoms with E-state index in [9.17, 15) is 28.0 Å². The van der Waals surface area contributed by atoms with Crippen molar-refractivity contribution in [2.75, 3.05) is 0 Å². The quantitative estimate of drug-likeness (QED) is 0.185. The summed E-state index contributed by atoms with van der Waals surface area (Å²) in [6.07, 6.45) is 4.31. The van der Waals surface area contributed by atoms with Crippen molar-refractivity contribution in [3.05, 3.63) is 34.9 Å². The van der Waals surface area contributed by atoms with Crippen LogP contribution in [0.15, 0.2) is 34.9 Å². The maximum absolute atomic E-state index is 12.5. The average Bonchev–Trinajstić information content (AvgIpc) is 2.83. The highest BCUT2D eigenvalue weighted by Gasteiger charge is 2.64. The standard InChI is InChI=1S/C32H50O8S/c1-18(2)19(3)11-9-12-21-13-10-14-23-22-15-16-25-30(5,6)28(40-41(36,37)38)24(34)17-31(25,7)26(22)27(35)29(32(21,23)8)39-20(4)33/h14,18,21,24-25,27-29,34-35H,3,9-13,15-17H2,1-2,4-8H3,(H,36,37,38). The largest absolute Gasteiger partial charge is 0.458 e. The van der Waals surface area contributed by atoms with Crippen molar-refractivity contribution in [2.45, 2.75) is 124 Å². The molecule has 0 heterocycles. The van der Waals surface area contributed by atoms with Gasteiger partial charge in [-0.2, -0.15) is 8.42 Å². The molecule has 4 aliphatic rings. The molecule has 1 saturated carbocycles. The first-order valence-electron chi connectivity index (χ1n) is 15.2. The lowest BCUT2D eigenvalue weighted by atomic mass is 9.44. The third kappa shape index (κ3) is 5.62. The van der Waals surface area contributed by atoms with Gasteiger partial charge in [0.2, 0.25) is 0 Å². The van der Waals surface area contributed by atoms with Gasteiger partial charge in [-0.15, -0.1) is 0 Å². The second-order valence-corrected chi connectivity index (χ2v) is 15.3. The summed E-state index contributed by atoms with van der Waals surface area (Å²) in [6, 6.07) is 0. The van der Waals surface area contributed by atoms with E-state index >= 15 is 0 Å². The SMILES string of the molecule is C=C(CCCC1CCC=C2C3=C(C(O)C(OC(C)=O)C21C)C1(C)CC(O)C(OS(=O)(=O)O)C(C)(C)C1CC3)C(C)C. The average molecular weight is 595 g/mol. The van der Waals surface area contributed by atoms with Crippen LogP contribution in [0.2, 0.25) is 0 Å². The summed E-state index contributed by atoms with van der Waals surface area (Å²) in [5.74, 6) is 0.0307. The fourth-order valence-corrected chi connectivity index (χ4v) is 9.86. The Kier molecular flexibility index (Phi) is 8.85. The number of hydrogen-bond acceptors (Lipinski definition) is 7. The molecule has 0 saturated heterocycles. The van der Waals surface area contributed by atoms with Gasteiger partial charge in [0.25, 0.3) is 0 Å². The van der Waals surface area contributed by atoms with Gasteiger partial charge in [0.05, 0.1) is 6.10 Å². The Morgan fingerprint density at radius 2 is 1.80 bits per heavy atom. The molecule has 8 nitrogen and oxygen atoms in total. The summed E-state index contributed by atoms with van der Waals surface area (Å²) in [7, 11) is -4.78. The molecule has 232 valence electrons. The molecule has 1 fully saturated rings. The van der Waals surface area contributed by atoms with Gasteiger partial charge in [-0.05, 0) is 96.7 Å². The third-order valence-electron chi connectivity index (χ3n) is 11.2. The van der Waals surface area contributed by atoms with E-state index in [1.165, 1.54) is 12.5 Å². The smallest absolute Gasteiger partial charge is 0.397 e. The number of carbonyl (C=O) groups is 1. The zero-order valence-corrected chi connectivity index (χ0v) is 26.6. The predicted molar refractivity (Wildman–Crippen MR) is 157 cm³/mol. The van der Waals surface area contributed by atoms with Crippen molar-refractivity contribution in [3.63, 3.8) is 0 Å². The van der Waals surface area contributed by atoms with Crippen LogP contribution in [0.3, 0.4) is 0 Å². The Morgan fingerprint density at radius 3 is 2.39 bits per heavy atom. The van der Waals surface area contributed by atoms with Crippen molar-refractivity contribution in [1.82, 2.24) is 0 Å². The summed E-state index contributed by atoms with van der Waals surface area (Å²) in [6.45, 7) is 17.8. The summed E-state index contributed by atoms with van der Waals surface area (Å²) in [5, 5.41) is 23.5. The Labute approximate surface area is 246 Å². The van der Waals surface area contributed by atoms with Crippen LogP contribution in [0.5, 0.6) is 0 Å². The zero-order valence-electron chi connectivity index (χ0n) is 25.8. The zero-order chi connectivity index (χ0) is 30.7. The first-order chi connectivity index (χ1) is 18.9. The molecule has 8 unspecified atom stereocenters. The van der Waals surface area contributed by atoms with Crippen LogP contribution in [-0.4, -0.2) is 53.6 Å². The van der Waals surface area contributed by atoms with Crippen LogP contribution < -0.4 is 0 Å². The molecule has 8 atom stereocenters. The molecule has 0 amide bonds. The van der Waals surface area contributed by atoms with Crippen LogP contribution in [0.25, 0.3) is 0 Å². The van der Waals surface area contributed by atoms with Gasteiger partial charge in [0, 0.05) is 12.3 Å². The van der Waals surface area contributed by atoms with Gasteiger partial charge >= 0.3 is 16.4 Å². The molecule has 4 aliphatic carbocycles. The van der Waals surface area contributed by atoms with Gasteiger partial charge in [-0.1, -0.05) is 59.8 Å². The number of aliphatic hydroxyl groups is 2. The summed E-state index contributed by atoms with van der Waals surface area (Å²) < 4.78 is 43.9. The molecule has 4 rings (SSSR count). The molecule has 0 radical (unpaired) electrons. The van der Waals surface area contributed by atoms with E-state index in [2.05, 4.69) is 33.4 Å². The lowest BCUT2D eigenvalue weighted by molar-refractivity contribution is -0.174. The predicted octanol–water partition coefficient (Wildman–Crippen LogP) is 5.71. The van der Waals surface area contributed by atoms with Crippen LogP contribution in [0.1, 0.15) is 99.8 Å². The minimum atomic E-state index is -4.78. The molecule has 0 bridgehead atoms. The van der Waals surface area contributed by atoms with Crippen LogP contribution in [-0.2, 0) is 24.1 Å². The molecule has 0 aromatic rings. The number of hydrogen-bond donors (Lipinski definition) is 3. The van der Waals surface area contributed by atoms with Gasteiger partial charge in [-0.25, -0.2) is 4.18 Å². The van der Waals surface area contributed by atoms with Gasteiger partial charge < -0.3 is 14.9 Å². The van der Waals surface area contributed by atoms with Crippen LogP contribution >= 0.6 is 0 Å². The molecule has 3 N–H and O–H groups in total. The normalized spacial score (nSPS) is 38.5. The Hall–Kier alpha value is -1.52. The number of esters is 1. The number of aliphatic hydroxyl groups excluding tert-OH is 2. The van der Waals surface area contributed by atoms with Gasteiger partial charge in [-0.3, -0.25) is 9.35 Å². The van der Waals surface area contributed by atoms with Crippen molar-refractivity contribution >= 4 is 16.4 Å². The first-order valence-corrected chi connectivity index (χ1v) is 16.5. The van der Waals surface area contributed by atoms with E-state index in [4.69, 9.17) is 8.92 Å². The highest BCUT2D eigenvalue weighted by atomic mass is 32.3. The van der Waals surface area contributed by atoms with E-state index in [0.717, 1.165) is 48.8 Å². The molecular weight excluding hydrogens is 544 g/mol. The van der Waals surface area contributed by atoms with Crippen molar-refractivity contribution < 1.29 is 36.9 Å². The fourth-order valence-electron chi connectivity index (χ4n) is 9.23. The van der Waals surface area contributed by atoms with E-state index in [1.807, 2.05) is 20.8 Å². The number of rotatable bonds is 8. The summed E-state index contributed by atoms with van der Waals surface area (Å²) in [4.78, 5) is 12.5. The number of ether oxygens (including phenoxy) is 1. The van der Waals surface area contributed by atoms with Gasteiger partial charge in [0.1, 0.15) is 18.3 Å². The third-order valence-corrected chi connectivity index (χ3v) is 11.6. The first kappa shape index (κ1) is 32.4. The topological polar surface area (TPSA) is 130 Å². The Balaban J connectivity index is 1.78. The Bertz CT molecular complexity index is 1230. The minimum absolute atomic E-state index is 0.148. The summed E-state index contributed by atoms with van der Waals surface area (Å²) in [5.41, 5.74) is 2.13. The van der Waals surface area contributed by atoms with Gasteiger partial charge in [0.15, 0.2) is 0 Å². The van der Waals surface area contributed by atoms with Crippen molar-refractivity contribution in [2.24, 2.45) is 34.0 Å². The molecule has 41 heavy (non-hydrogen) atoms. The maximum Gasteiger partial charge on any atom is 0.397 e. The highest BCUT2D eigenvalue weighted by Crippen LogP contribution is 2.66. The van der Waals surface area contributed by atoms with Crippen molar-refractivity contribution in [3.8, 4) is 0 Å². The maximum atomic E-state index is 12.5. The van der Waals surface area contributed by atoms with E-state index in [0.29, 0.717) is 18.8 Å². The minimum Gasteiger partial charge on any atom is -0.458 e. The van der Waals surface area contributed by atoms with E-state index in [1.54, 1.807) is 0 Å². The number of carbonyl (C=O) groups excluding carboxylic acids is 1. The number of allylic oxidation sites excluding steroid dienone is 3. The van der Waals surface area contributed by atoms with Crippen LogP contribution in [0, 0.1) is 34.0 Å².